The third-order valence-electron chi connectivity index (χ3n) is 2.55. The summed E-state index contributed by atoms with van der Waals surface area (Å²) in [5.74, 6) is -0.672. The summed E-state index contributed by atoms with van der Waals surface area (Å²) in [6, 6.07) is 0. The zero-order chi connectivity index (χ0) is 9.68. The zero-order valence-corrected chi connectivity index (χ0v) is 8.98. The van der Waals surface area contributed by atoms with Gasteiger partial charge in [0.1, 0.15) is 0 Å². The molecule has 0 aliphatic heterocycles. The van der Waals surface area contributed by atoms with Crippen molar-refractivity contribution in [3.8, 4) is 0 Å². The Bertz CT molecular complexity index is 162. The lowest BCUT2D eigenvalue weighted by Gasteiger charge is -2.15. The van der Waals surface area contributed by atoms with Crippen LogP contribution in [-0.2, 0) is 4.79 Å². The molecule has 0 spiro atoms. The highest BCUT2D eigenvalue weighted by Gasteiger charge is 2.19. The Morgan fingerprint density at radius 2 is 1.85 bits per heavy atom. The first kappa shape index (κ1) is 10.9. The maximum absolute atomic E-state index is 10.6. The van der Waals surface area contributed by atoms with Gasteiger partial charge in [-0.15, -0.1) is 11.8 Å². The van der Waals surface area contributed by atoms with E-state index in [1.807, 2.05) is 0 Å². The van der Waals surface area contributed by atoms with Crippen LogP contribution in [0.1, 0.15) is 45.4 Å². The van der Waals surface area contributed by atoms with E-state index in [4.69, 9.17) is 5.11 Å². The molecule has 1 atom stereocenters. The average molecular weight is 202 g/mol. The molecule has 1 saturated carbocycles. The van der Waals surface area contributed by atoms with Crippen LogP contribution in [0.3, 0.4) is 0 Å². The van der Waals surface area contributed by atoms with E-state index in [1.165, 1.54) is 38.5 Å². The first-order valence-electron chi connectivity index (χ1n) is 5.08. The van der Waals surface area contributed by atoms with Crippen LogP contribution in [0.25, 0.3) is 0 Å². The fourth-order valence-corrected chi connectivity index (χ4v) is 3.02. The third kappa shape index (κ3) is 4.03. The molecule has 1 aliphatic carbocycles. The maximum atomic E-state index is 10.6. The Kier molecular flexibility index (Phi) is 4.64. The van der Waals surface area contributed by atoms with Gasteiger partial charge in [0.2, 0.25) is 0 Å². The Balaban J connectivity index is 2.29. The molecule has 76 valence electrons. The van der Waals surface area contributed by atoms with Crippen molar-refractivity contribution >= 4 is 17.7 Å². The summed E-state index contributed by atoms with van der Waals surface area (Å²) in [7, 11) is 0. The van der Waals surface area contributed by atoms with Crippen molar-refractivity contribution in [2.24, 2.45) is 0 Å². The minimum atomic E-state index is -0.672. The lowest BCUT2D eigenvalue weighted by Crippen LogP contribution is -2.16. The fraction of sp³-hybridized carbons (Fsp3) is 0.900. The zero-order valence-electron chi connectivity index (χ0n) is 8.16. The van der Waals surface area contributed by atoms with Crippen molar-refractivity contribution in [3.05, 3.63) is 0 Å². The van der Waals surface area contributed by atoms with Crippen molar-refractivity contribution in [3.63, 3.8) is 0 Å². The van der Waals surface area contributed by atoms with Gasteiger partial charge in [-0.25, -0.2) is 0 Å². The van der Waals surface area contributed by atoms with Crippen LogP contribution in [-0.4, -0.2) is 21.6 Å². The second-order valence-electron chi connectivity index (χ2n) is 3.73. The molecule has 1 rings (SSSR count). The van der Waals surface area contributed by atoms with E-state index in [-0.39, 0.29) is 5.25 Å². The molecule has 0 saturated heterocycles. The summed E-state index contributed by atoms with van der Waals surface area (Å²) in [5.41, 5.74) is 0. The van der Waals surface area contributed by atoms with Crippen molar-refractivity contribution in [1.29, 1.82) is 0 Å². The number of hydrogen-bond donors (Lipinski definition) is 1. The average Bonchev–Trinajstić information content (AvgIpc) is 2.32. The van der Waals surface area contributed by atoms with E-state index in [2.05, 4.69) is 0 Å². The summed E-state index contributed by atoms with van der Waals surface area (Å²) >= 11 is 1.64. The maximum Gasteiger partial charge on any atom is 0.316 e. The van der Waals surface area contributed by atoms with E-state index >= 15 is 0 Å². The second kappa shape index (κ2) is 5.53. The van der Waals surface area contributed by atoms with Gasteiger partial charge in [-0.05, 0) is 19.8 Å². The number of aliphatic carboxylic acids is 1. The summed E-state index contributed by atoms with van der Waals surface area (Å²) in [5, 5.41) is 9.12. The lowest BCUT2D eigenvalue weighted by atomic mass is 10.2. The standard InChI is InChI=1S/C10H18O2S/c1-8(10(11)12)13-9-6-4-2-3-5-7-9/h8-9H,2-7H2,1H3,(H,11,12). The highest BCUT2D eigenvalue weighted by molar-refractivity contribution is 8.01. The predicted octanol–water partition coefficient (Wildman–Crippen LogP) is 2.92. The summed E-state index contributed by atoms with van der Waals surface area (Å²) in [6.45, 7) is 1.79. The van der Waals surface area contributed by atoms with Gasteiger partial charge in [0.25, 0.3) is 0 Å². The van der Waals surface area contributed by atoms with Gasteiger partial charge in [0.15, 0.2) is 0 Å². The van der Waals surface area contributed by atoms with Crippen LogP contribution in [0.2, 0.25) is 0 Å². The smallest absolute Gasteiger partial charge is 0.316 e. The largest absolute Gasteiger partial charge is 0.480 e. The molecule has 0 heterocycles. The molecule has 0 aromatic heterocycles. The topological polar surface area (TPSA) is 37.3 Å². The normalized spacial score (nSPS) is 22.2. The van der Waals surface area contributed by atoms with Gasteiger partial charge < -0.3 is 5.11 Å². The van der Waals surface area contributed by atoms with Crippen molar-refractivity contribution in [2.75, 3.05) is 0 Å². The molecule has 1 unspecified atom stereocenters. The number of carboxylic acid groups (broad SMARTS) is 1. The SMILES string of the molecule is CC(SC1CCCCCC1)C(=O)O. The molecule has 0 bridgehead atoms. The van der Waals surface area contributed by atoms with E-state index in [0.717, 1.165) is 0 Å². The van der Waals surface area contributed by atoms with E-state index < -0.39 is 5.97 Å². The Hall–Kier alpha value is -0.180. The summed E-state index contributed by atoms with van der Waals surface area (Å²) < 4.78 is 0. The molecular formula is C10H18O2S. The second-order valence-corrected chi connectivity index (χ2v) is 5.38. The highest BCUT2D eigenvalue weighted by atomic mass is 32.2. The van der Waals surface area contributed by atoms with Gasteiger partial charge in [-0.3, -0.25) is 4.79 Å². The van der Waals surface area contributed by atoms with Gasteiger partial charge >= 0.3 is 5.97 Å². The fourth-order valence-electron chi connectivity index (χ4n) is 1.72. The molecule has 1 aliphatic rings. The summed E-state index contributed by atoms with van der Waals surface area (Å²) in [6.07, 6.45) is 7.65. The van der Waals surface area contributed by atoms with Gasteiger partial charge in [-0.2, -0.15) is 0 Å². The van der Waals surface area contributed by atoms with Crippen molar-refractivity contribution in [1.82, 2.24) is 0 Å². The molecule has 1 N–H and O–H groups in total. The summed E-state index contributed by atoms with van der Waals surface area (Å²) in [4.78, 5) is 10.6. The van der Waals surface area contributed by atoms with Crippen LogP contribution < -0.4 is 0 Å². The van der Waals surface area contributed by atoms with Gasteiger partial charge in [-0.1, -0.05) is 25.7 Å². The first-order chi connectivity index (χ1) is 6.20. The minimum Gasteiger partial charge on any atom is -0.480 e. The molecule has 3 heteroatoms. The van der Waals surface area contributed by atoms with Crippen molar-refractivity contribution in [2.45, 2.75) is 55.9 Å². The van der Waals surface area contributed by atoms with Crippen LogP contribution in [0.5, 0.6) is 0 Å². The lowest BCUT2D eigenvalue weighted by molar-refractivity contribution is -0.136. The molecule has 0 aromatic carbocycles. The van der Waals surface area contributed by atoms with E-state index in [1.54, 1.807) is 18.7 Å². The molecule has 0 radical (unpaired) electrons. The van der Waals surface area contributed by atoms with Crippen LogP contribution in [0.15, 0.2) is 0 Å². The highest BCUT2D eigenvalue weighted by Crippen LogP contribution is 2.30. The Morgan fingerprint density at radius 3 is 2.31 bits per heavy atom. The van der Waals surface area contributed by atoms with E-state index in [0.29, 0.717) is 5.25 Å². The van der Waals surface area contributed by atoms with Crippen LogP contribution in [0, 0.1) is 0 Å². The molecule has 0 amide bonds. The van der Waals surface area contributed by atoms with Gasteiger partial charge in [0, 0.05) is 5.25 Å². The number of carbonyl (C=O) groups is 1. The number of hydrogen-bond acceptors (Lipinski definition) is 2. The number of thioether (sulfide) groups is 1. The minimum absolute atomic E-state index is 0.233. The number of carboxylic acids is 1. The molecule has 0 aromatic rings. The quantitative estimate of drug-likeness (QED) is 0.715. The monoisotopic (exact) mass is 202 g/mol. The molecule has 1 fully saturated rings. The number of rotatable bonds is 3. The molecule has 13 heavy (non-hydrogen) atoms. The molecular weight excluding hydrogens is 184 g/mol. The third-order valence-corrected chi connectivity index (χ3v) is 4.01. The van der Waals surface area contributed by atoms with Crippen LogP contribution in [0.4, 0.5) is 0 Å². The van der Waals surface area contributed by atoms with E-state index in [9.17, 15) is 4.79 Å². The van der Waals surface area contributed by atoms with Crippen LogP contribution >= 0.6 is 11.8 Å². The van der Waals surface area contributed by atoms with Crippen molar-refractivity contribution < 1.29 is 9.90 Å². The predicted molar refractivity (Wildman–Crippen MR) is 56.2 cm³/mol. The Morgan fingerprint density at radius 1 is 1.31 bits per heavy atom. The first-order valence-corrected chi connectivity index (χ1v) is 6.02. The van der Waals surface area contributed by atoms with Gasteiger partial charge in [0.05, 0.1) is 5.25 Å². The molecule has 2 nitrogen and oxygen atoms in total. The Labute approximate surface area is 84.1 Å².